The molecule has 0 aromatic heterocycles. The minimum atomic E-state index is -1.82. The van der Waals surface area contributed by atoms with Crippen molar-refractivity contribution in [2.24, 2.45) is 0 Å². The van der Waals surface area contributed by atoms with Gasteiger partial charge in [-0.15, -0.1) is 0 Å². The van der Waals surface area contributed by atoms with Crippen molar-refractivity contribution in [3.05, 3.63) is 60.7 Å². The van der Waals surface area contributed by atoms with E-state index >= 15 is 0 Å². The molecule has 0 saturated carbocycles. The van der Waals surface area contributed by atoms with Crippen LogP contribution in [0.2, 0.25) is 0 Å². The topological polar surface area (TPSA) is 87.1 Å². The van der Waals surface area contributed by atoms with Crippen molar-refractivity contribution in [1.29, 1.82) is 0 Å². The molecule has 0 amide bonds. The number of carboxylic acids is 2. The van der Waals surface area contributed by atoms with E-state index in [4.69, 9.17) is 24.5 Å². The van der Waals surface area contributed by atoms with E-state index in [0.717, 1.165) is 11.4 Å². The number of ether oxygens (including phenoxy) is 1. The molecule has 0 aliphatic heterocycles. The number of nitrogens with zero attached hydrogens (tertiary/aromatic N) is 1. The van der Waals surface area contributed by atoms with Crippen molar-refractivity contribution in [3.63, 3.8) is 0 Å². The third-order valence-electron chi connectivity index (χ3n) is 3.02. The van der Waals surface area contributed by atoms with Gasteiger partial charge in [0, 0.05) is 18.0 Å². The van der Waals surface area contributed by atoms with Crippen LogP contribution in [0.4, 0.5) is 11.4 Å². The van der Waals surface area contributed by atoms with Gasteiger partial charge in [-0.3, -0.25) is 0 Å². The van der Waals surface area contributed by atoms with Crippen LogP contribution in [0.25, 0.3) is 0 Å². The maximum absolute atomic E-state index is 9.10. The van der Waals surface area contributed by atoms with E-state index in [1.54, 1.807) is 0 Å². The second-order valence-electron chi connectivity index (χ2n) is 4.71. The lowest BCUT2D eigenvalue weighted by atomic mass is 10.2. The second kappa shape index (κ2) is 10.0. The van der Waals surface area contributed by atoms with Crippen molar-refractivity contribution < 1.29 is 24.5 Å². The standard InChI is InChI=1S/C16H19NO.C2H2O4/c1-3-18-14(2)17(15-10-6-4-7-11-15)16-12-8-5-9-13-16;3-1(4)2(5)6/h4-14H,3H2,1-2H3;(H,3,4)(H,5,6). The van der Waals surface area contributed by atoms with Crippen molar-refractivity contribution in [2.75, 3.05) is 11.5 Å². The fourth-order valence-corrected chi connectivity index (χ4v) is 2.06. The highest BCUT2D eigenvalue weighted by Gasteiger charge is 2.15. The first-order chi connectivity index (χ1) is 11.5. The molecule has 24 heavy (non-hydrogen) atoms. The molecule has 2 rings (SSSR count). The van der Waals surface area contributed by atoms with E-state index in [1.165, 1.54) is 0 Å². The van der Waals surface area contributed by atoms with Gasteiger partial charge in [0.1, 0.15) is 6.23 Å². The number of para-hydroxylation sites is 2. The number of hydrogen-bond donors (Lipinski definition) is 2. The number of aliphatic carboxylic acids is 2. The lowest BCUT2D eigenvalue weighted by Crippen LogP contribution is -2.30. The Kier molecular flexibility index (Phi) is 8.01. The SMILES string of the molecule is CCOC(C)N(c1ccccc1)c1ccccc1.O=C(O)C(=O)O. The summed E-state index contributed by atoms with van der Waals surface area (Å²) in [6.07, 6.45) is 0.0137. The second-order valence-corrected chi connectivity index (χ2v) is 4.71. The average molecular weight is 331 g/mol. The third-order valence-corrected chi connectivity index (χ3v) is 3.02. The number of anilines is 2. The molecule has 0 bridgehead atoms. The van der Waals surface area contributed by atoms with Crippen molar-refractivity contribution in [1.82, 2.24) is 0 Å². The van der Waals surface area contributed by atoms with Crippen LogP contribution in [-0.2, 0) is 14.3 Å². The van der Waals surface area contributed by atoms with Gasteiger partial charge in [0.15, 0.2) is 0 Å². The van der Waals surface area contributed by atoms with E-state index < -0.39 is 11.9 Å². The Hall–Kier alpha value is -2.86. The summed E-state index contributed by atoms with van der Waals surface area (Å²) in [4.78, 5) is 20.4. The number of carbonyl (C=O) groups is 2. The molecule has 1 unspecified atom stereocenters. The van der Waals surface area contributed by atoms with Crippen LogP contribution >= 0.6 is 0 Å². The molecule has 0 aliphatic carbocycles. The molecule has 2 aromatic rings. The predicted molar refractivity (Wildman–Crippen MR) is 91.4 cm³/mol. The molecule has 1 atom stereocenters. The van der Waals surface area contributed by atoms with Crippen LogP contribution in [0.5, 0.6) is 0 Å². The smallest absolute Gasteiger partial charge is 0.414 e. The van der Waals surface area contributed by atoms with Gasteiger partial charge < -0.3 is 19.8 Å². The molecule has 0 saturated heterocycles. The van der Waals surface area contributed by atoms with Crippen LogP contribution in [0, 0.1) is 0 Å². The van der Waals surface area contributed by atoms with Crippen molar-refractivity contribution in [3.8, 4) is 0 Å². The summed E-state index contributed by atoms with van der Waals surface area (Å²) in [5.41, 5.74) is 2.29. The summed E-state index contributed by atoms with van der Waals surface area (Å²) in [5.74, 6) is -3.65. The summed E-state index contributed by atoms with van der Waals surface area (Å²) >= 11 is 0. The Balaban J connectivity index is 0.000000413. The number of benzene rings is 2. The molecular formula is C18H21NO5. The Morgan fingerprint density at radius 3 is 1.58 bits per heavy atom. The average Bonchev–Trinajstić information content (AvgIpc) is 2.58. The van der Waals surface area contributed by atoms with Crippen LogP contribution < -0.4 is 4.90 Å². The lowest BCUT2D eigenvalue weighted by molar-refractivity contribution is -0.159. The molecule has 6 nitrogen and oxygen atoms in total. The molecule has 0 radical (unpaired) electrons. The quantitative estimate of drug-likeness (QED) is 0.645. The van der Waals surface area contributed by atoms with E-state index in [-0.39, 0.29) is 6.23 Å². The molecule has 2 N–H and O–H groups in total. The first kappa shape index (κ1) is 19.2. The third kappa shape index (κ3) is 6.10. The molecular weight excluding hydrogens is 310 g/mol. The fourth-order valence-electron chi connectivity index (χ4n) is 2.06. The van der Waals surface area contributed by atoms with Crippen LogP contribution in [0.15, 0.2) is 60.7 Å². The zero-order valence-electron chi connectivity index (χ0n) is 13.6. The fraction of sp³-hybridized carbons (Fsp3) is 0.222. The molecule has 0 heterocycles. The summed E-state index contributed by atoms with van der Waals surface area (Å²) in [6.45, 7) is 4.80. The van der Waals surface area contributed by atoms with Crippen molar-refractivity contribution >= 4 is 23.3 Å². The van der Waals surface area contributed by atoms with Crippen LogP contribution in [0.1, 0.15) is 13.8 Å². The highest BCUT2D eigenvalue weighted by Crippen LogP contribution is 2.27. The van der Waals surface area contributed by atoms with Gasteiger partial charge in [-0.1, -0.05) is 36.4 Å². The number of hydrogen-bond acceptors (Lipinski definition) is 4. The largest absolute Gasteiger partial charge is 0.473 e. The van der Waals surface area contributed by atoms with Gasteiger partial charge in [-0.25, -0.2) is 9.59 Å². The molecule has 0 fully saturated rings. The summed E-state index contributed by atoms with van der Waals surface area (Å²) < 4.78 is 5.74. The lowest BCUT2D eigenvalue weighted by Gasteiger charge is -2.31. The van der Waals surface area contributed by atoms with Gasteiger partial charge in [-0.05, 0) is 38.1 Å². The summed E-state index contributed by atoms with van der Waals surface area (Å²) in [6, 6.07) is 20.6. The Labute approximate surface area is 140 Å². The summed E-state index contributed by atoms with van der Waals surface area (Å²) in [5, 5.41) is 14.8. The minimum Gasteiger partial charge on any atom is -0.473 e. The molecule has 0 spiro atoms. The molecule has 0 aliphatic rings. The first-order valence-electron chi connectivity index (χ1n) is 7.44. The highest BCUT2D eigenvalue weighted by molar-refractivity contribution is 6.27. The highest BCUT2D eigenvalue weighted by atomic mass is 16.5. The number of carboxylic acid groups (broad SMARTS) is 2. The molecule has 2 aromatic carbocycles. The maximum atomic E-state index is 9.10. The Morgan fingerprint density at radius 1 is 0.917 bits per heavy atom. The first-order valence-corrected chi connectivity index (χ1v) is 7.44. The van der Waals surface area contributed by atoms with Gasteiger partial charge in [0.2, 0.25) is 0 Å². The Morgan fingerprint density at radius 2 is 1.29 bits per heavy atom. The van der Waals surface area contributed by atoms with Crippen molar-refractivity contribution in [2.45, 2.75) is 20.1 Å². The minimum absolute atomic E-state index is 0.0137. The predicted octanol–water partition coefficient (Wildman–Crippen LogP) is 3.36. The monoisotopic (exact) mass is 331 g/mol. The van der Waals surface area contributed by atoms with E-state index in [9.17, 15) is 0 Å². The van der Waals surface area contributed by atoms with Gasteiger partial charge in [-0.2, -0.15) is 0 Å². The van der Waals surface area contributed by atoms with Crippen LogP contribution in [-0.4, -0.2) is 35.0 Å². The van der Waals surface area contributed by atoms with Gasteiger partial charge in [0.25, 0.3) is 0 Å². The van der Waals surface area contributed by atoms with E-state index in [2.05, 4.69) is 36.1 Å². The zero-order valence-corrected chi connectivity index (χ0v) is 13.6. The molecule has 128 valence electrons. The number of rotatable bonds is 5. The van der Waals surface area contributed by atoms with Crippen LogP contribution in [0.3, 0.4) is 0 Å². The van der Waals surface area contributed by atoms with Gasteiger partial charge >= 0.3 is 11.9 Å². The summed E-state index contributed by atoms with van der Waals surface area (Å²) in [7, 11) is 0. The maximum Gasteiger partial charge on any atom is 0.414 e. The molecule has 6 heteroatoms. The normalized spacial score (nSPS) is 10.9. The van der Waals surface area contributed by atoms with E-state index in [0.29, 0.717) is 6.61 Å². The Bertz CT molecular complexity index is 579. The zero-order chi connectivity index (χ0) is 17.9. The van der Waals surface area contributed by atoms with Gasteiger partial charge in [0.05, 0.1) is 0 Å². The van der Waals surface area contributed by atoms with E-state index in [1.807, 2.05) is 43.3 Å².